The lowest BCUT2D eigenvalue weighted by molar-refractivity contribution is -0.265. The number of nitrogens with one attached hydrogen (secondary N) is 1. The first-order chi connectivity index (χ1) is 22.0. The Bertz CT molecular complexity index is 1720. The third-order valence-corrected chi connectivity index (χ3v) is 8.34. The van der Waals surface area contributed by atoms with Gasteiger partial charge in [-0.2, -0.15) is 26.3 Å². The summed E-state index contributed by atoms with van der Waals surface area (Å²) in [6.07, 6.45) is -6.84. The summed E-state index contributed by atoms with van der Waals surface area (Å²) < 4.78 is 101. The maximum absolute atomic E-state index is 14.7. The van der Waals surface area contributed by atoms with Gasteiger partial charge in [-0.1, -0.05) is 12.1 Å². The molecular formula is C32H29F6N3O6. The Labute approximate surface area is 264 Å². The number of nitrogens with zero attached hydrogens (tertiary/aromatic N) is 1. The third-order valence-electron chi connectivity index (χ3n) is 8.34. The number of carbonyl (C=O) groups is 2. The number of amides is 2. The van der Waals surface area contributed by atoms with Gasteiger partial charge in [0, 0.05) is 16.7 Å². The zero-order valence-electron chi connectivity index (χ0n) is 24.8. The quantitative estimate of drug-likeness (QED) is 0.255. The fourth-order valence-electron chi connectivity index (χ4n) is 5.03. The SMILES string of the molecule is C[C@]1(C(N)=O)COc2c1cc(C(O)(CNC(=O)c1ccc(OC3CC3)c(OC3CC3)c1)C(F)(F)F)nc2-c1ccc(C(F)(F)F)cc1. The summed E-state index contributed by atoms with van der Waals surface area (Å²) >= 11 is 0. The van der Waals surface area contributed by atoms with Crippen molar-refractivity contribution in [2.24, 2.45) is 5.73 Å². The highest BCUT2D eigenvalue weighted by Crippen LogP contribution is 2.48. The second kappa shape index (κ2) is 11.3. The average molecular weight is 666 g/mol. The zero-order chi connectivity index (χ0) is 33.9. The number of primary amides is 1. The van der Waals surface area contributed by atoms with Gasteiger partial charge in [0.2, 0.25) is 11.5 Å². The molecule has 4 N–H and O–H groups in total. The summed E-state index contributed by atoms with van der Waals surface area (Å²) in [7, 11) is 0. The molecule has 2 aliphatic carbocycles. The van der Waals surface area contributed by atoms with Crippen LogP contribution in [0.25, 0.3) is 11.3 Å². The molecular weight excluding hydrogens is 636 g/mol. The van der Waals surface area contributed by atoms with E-state index >= 15 is 0 Å². The summed E-state index contributed by atoms with van der Waals surface area (Å²) in [6, 6.07) is 8.37. The van der Waals surface area contributed by atoms with Gasteiger partial charge in [0.25, 0.3) is 5.91 Å². The first-order valence-corrected chi connectivity index (χ1v) is 14.7. The number of carbonyl (C=O) groups excluding carboxylic acids is 2. The van der Waals surface area contributed by atoms with Gasteiger partial charge in [0.05, 0.1) is 30.0 Å². The van der Waals surface area contributed by atoms with E-state index in [9.17, 15) is 41.0 Å². The van der Waals surface area contributed by atoms with Crippen molar-refractivity contribution < 1.29 is 55.2 Å². The molecule has 2 atom stereocenters. The van der Waals surface area contributed by atoms with Gasteiger partial charge >= 0.3 is 12.4 Å². The minimum Gasteiger partial charge on any atom is -0.489 e. The van der Waals surface area contributed by atoms with Gasteiger partial charge in [-0.3, -0.25) is 9.59 Å². The molecule has 2 heterocycles. The second-order valence-corrected chi connectivity index (χ2v) is 12.1. The van der Waals surface area contributed by atoms with E-state index in [1.807, 2.05) is 0 Å². The molecule has 0 spiro atoms. The van der Waals surface area contributed by atoms with Gasteiger partial charge in [0.15, 0.2) is 11.5 Å². The van der Waals surface area contributed by atoms with E-state index in [4.69, 9.17) is 19.9 Å². The van der Waals surface area contributed by atoms with Crippen LogP contribution in [0, 0.1) is 0 Å². The summed E-state index contributed by atoms with van der Waals surface area (Å²) in [5, 5.41) is 13.4. The van der Waals surface area contributed by atoms with Gasteiger partial charge in [0.1, 0.15) is 23.5 Å². The molecule has 47 heavy (non-hydrogen) atoms. The van der Waals surface area contributed by atoms with Crippen LogP contribution in [0.5, 0.6) is 17.2 Å². The van der Waals surface area contributed by atoms with E-state index in [1.165, 1.54) is 25.1 Å². The van der Waals surface area contributed by atoms with Crippen LogP contribution in [-0.4, -0.2) is 53.4 Å². The Kier molecular flexibility index (Phi) is 7.80. The highest BCUT2D eigenvalue weighted by Gasteiger charge is 2.58. The van der Waals surface area contributed by atoms with Gasteiger partial charge < -0.3 is 30.4 Å². The topological polar surface area (TPSA) is 133 Å². The molecule has 0 saturated heterocycles. The Hall–Kier alpha value is -4.53. The molecule has 3 aliphatic rings. The van der Waals surface area contributed by atoms with Crippen LogP contribution in [0.2, 0.25) is 0 Å². The van der Waals surface area contributed by atoms with E-state index in [0.717, 1.165) is 43.9 Å². The molecule has 6 rings (SSSR count). The Morgan fingerprint density at radius 1 is 0.979 bits per heavy atom. The standard InChI is InChI=1S/C32H29F6N3O6/c1-29(28(39)43)15-45-26-21(29)13-24(41-25(26)16-2-5-18(6-3-16)31(33,34)35)30(44,32(36,37)38)14-40-27(42)17-4-11-22(46-19-7-8-19)23(12-17)47-20-9-10-20/h2-6,11-13,19-20,44H,7-10,14-15H2,1H3,(H2,39,43)(H,40,42)/t29-,30?/m0/s1. The number of aromatic nitrogens is 1. The van der Waals surface area contributed by atoms with Crippen molar-refractivity contribution in [3.05, 3.63) is 70.9 Å². The van der Waals surface area contributed by atoms with Crippen molar-refractivity contribution in [1.29, 1.82) is 0 Å². The summed E-state index contributed by atoms with van der Waals surface area (Å²) in [6.45, 7) is -0.502. The molecule has 250 valence electrons. The van der Waals surface area contributed by atoms with Crippen molar-refractivity contribution in [3.63, 3.8) is 0 Å². The molecule has 2 aromatic carbocycles. The fraction of sp³-hybridized carbons (Fsp3) is 0.406. The number of pyridine rings is 1. The molecule has 2 fully saturated rings. The van der Waals surface area contributed by atoms with E-state index in [-0.39, 0.29) is 46.1 Å². The molecule has 2 saturated carbocycles. The van der Waals surface area contributed by atoms with E-state index in [1.54, 1.807) is 0 Å². The molecule has 1 aromatic heterocycles. The first-order valence-electron chi connectivity index (χ1n) is 14.7. The monoisotopic (exact) mass is 665 g/mol. The second-order valence-electron chi connectivity index (χ2n) is 12.1. The smallest absolute Gasteiger partial charge is 0.424 e. The lowest BCUT2D eigenvalue weighted by atomic mass is 9.81. The number of alkyl halides is 6. The van der Waals surface area contributed by atoms with Crippen LogP contribution < -0.4 is 25.3 Å². The minimum absolute atomic E-state index is 0.0205. The highest BCUT2D eigenvalue weighted by molar-refractivity contribution is 5.95. The molecule has 15 heteroatoms. The van der Waals surface area contributed by atoms with Crippen LogP contribution in [0.3, 0.4) is 0 Å². The predicted molar refractivity (Wildman–Crippen MR) is 153 cm³/mol. The molecule has 0 radical (unpaired) electrons. The summed E-state index contributed by atoms with van der Waals surface area (Å²) in [4.78, 5) is 29.6. The number of hydrogen-bond acceptors (Lipinski definition) is 7. The van der Waals surface area contributed by atoms with E-state index in [2.05, 4.69) is 10.3 Å². The van der Waals surface area contributed by atoms with Gasteiger partial charge in [-0.05, 0) is 69.0 Å². The van der Waals surface area contributed by atoms with Crippen LogP contribution >= 0.6 is 0 Å². The number of ether oxygens (including phenoxy) is 3. The normalized spacial score (nSPS) is 20.5. The number of halogens is 6. The Balaban J connectivity index is 1.36. The lowest BCUT2D eigenvalue weighted by Gasteiger charge is -2.31. The fourth-order valence-corrected chi connectivity index (χ4v) is 5.03. The molecule has 1 unspecified atom stereocenters. The molecule has 0 bridgehead atoms. The van der Waals surface area contributed by atoms with Gasteiger partial charge in [-0.25, -0.2) is 4.98 Å². The number of aliphatic hydroxyl groups is 1. The highest BCUT2D eigenvalue weighted by atomic mass is 19.4. The van der Waals surface area contributed by atoms with Crippen LogP contribution in [0.15, 0.2) is 48.5 Å². The van der Waals surface area contributed by atoms with Crippen molar-refractivity contribution in [2.45, 2.75) is 68.2 Å². The number of hydrogen-bond donors (Lipinski definition) is 3. The van der Waals surface area contributed by atoms with Crippen molar-refractivity contribution in [1.82, 2.24) is 10.3 Å². The van der Waals surface area contributed by atoms with Gasteiger partial charge in [-0.15, -0.1) is 0 Å². The predicted octanol–water partition coefficient (Wildman–Crippen LogP) is 5.17. The molecule has 1 aliphatic heterocycles. The lowest BCUT2D eigenvalue weighted by Crippen LogP contribution is -2.51. The van der Waals surface area contributed by atoms with E-state index < -0.39 is 59.6 Å². The zero-order valence-corrected chi connectivity index (χ0v) is 24.8. The molecule has 2 amide bonds. The van der Waals surface area contributed by atoms with Crippen molar-refractivity contribution in [2.75, 3.05) is 13.2 Å². The molecule has 9 nitrogen and oxygen atoms in total. The Morgan fingerprint density at radius 3 is 2.15 bits per heavy atom. The number of rotatable bonds is 10. The number of benzene rings is 2. The largest absolute Gasteiger partial charge is 0.489 e. The Morgan fingerprint density at radius 2 is 1.60 bits per heavy atom. The van der Waals surface area contributed by atoms with Crippen molar-refractivity contribution >= 4 is 11.8 Å². The van der Waals surface area contributed by atoms with E-state index in [0.29, 0.717) is 17.9 Å². The maximum atomic E-state index is 14.7. The number of fused-ring (bicyclic) bond motifs is 1. The minimum atomic E-state index is -5.44. The number of nitrogens with two attached hydrogens (primary N) is 1. The summed E-state index contributed by atoms with van der Waals surface area (Å²) in [5.41, 5.74) is -2.67. The average Bonchev–Trinajstić information content (AvgIpc) is 3.95. The molecule has 3 aromatic rings. The van der Waals surface area contributed by atoms with Crippen LogP contribution in [0.1, 0.15) is 59.8 Å². The third kappa shape index (κ3) is 6.27. The van der Waals surface area contributed by atoms with Crippen LogP contribution in [-0.2, 0) is 22.0 Å². The first kappa shape index (κ1) is 32.4. The van der Waals surface area contributed by atoms with Crippen molar-refractivity contribution in [3.8, 4) is 28.5 Å². The summed E-state index contributed by atoms with van der Waals surface area (Å²) in [5.74, 6) is -1.44. The maximum Gasteiger partial charge on any atom is 0.424 e. The van der Waals surface area contributed by atoms with Crippen LogP contribution in [0.4, 0.5) is 26.3 Å².